The summed E-state index contributed by atoms with van der Waals surface area (Å²) >= 11 is 1.54. The maximum atomic E-state index is 14.3. The van der Waals surface area contributed by atoms with Crippen molar-refractivity contribution < 1.29 is 28.6 Å². The fourth-order valence-corrected chi connectivity index (χ4v) is 5.37. The Morgan fingerprint density at radius 1 is 1.30 bits per heavy atom. The number of nitrogens with one attached hydrogen (secondary N) is 1. The molecule has 0 bridgehead atoms. The van der Waals surface area contributed by atoms with Crippen LogP contribution < -0.4 is 10.1 Å². The number of benzene rings is 1. The van der Waals surface area contributed by atoms with Crippen LogP contribution in [0.3, 0.4) is 0 Å². The lowest BCUT2D eigenvalue weighted by Crippen LogP contribution is -2.50. The van der Waals surface area contributed by atoms with E-state index in [1.165, 1.54) is 16.2 Å². The van der Waals surface area contributed by atoms with Crippen molar-refractivity contribution in [3.8, 4) is 16.2 Å². The van der Waals surface area contributed by atoms with Gasteiger partial charge < -0.3 is 20.1 Å². The van der Waals surface area contributed by atoms with Crippen molar-refractivity contribution in [2.45, 2.75) is 91.3 Å². The summed E-state index contributed by atoms with van der Waals surface area (Å²) in [4.78, 5) is 49.8. The van der Waals surface area contributed by atoms with Crippen molar-refractivity contribution in [3.05, 3.63) is 35.0 Å². The first-order valence-electron chi connectivity index (χ1n) is 13.5. The van der Waals surface area contributed by atoms with Gasteiger partial charge in [-0.25, -0.2) is 14.4 Å². The molecule has 2 heterocycles. The fraction of sp³-hybridized carbons (Fsp3) is 0.552. The number of thiazole rings is 1. The van der Waals surface area contributed by atoms with Crippen molar-refractivity contribution in [1.29, 1.82) is 0 Å². The monoisotopic (exact) mass is 572 g/mol. The topological polar surface area (TPSA) is 121 Å². The molecule has 9 nitrogen and oxygen atoms in total. The van der Waals surface area contributed by atoms with Crippen molar-refractivity contribution in [2.24, 2.45) is 10.4 Å². The number of carbonyl (C=O) groups excluding carboxylic acids is 3. The molecule has 11 heteroatoms. The number of carbonyl (C=O) groups is 3. The second kappa shape index (κ2) is 11.4. The summed E-state index contributed by atoms with van der Waals surface area (Å²) < 4.78 is 20.4. The number of aromatic nitrogens is 1. The number of aliphatic hydroxyl groups excluding tert-OH is 1. The van der Waals surface area contributed by atoms with Gasteiger partial charge in [0.05, 0.1) is 28.3 Å². The summed E-state index contributed by atoms with van der Waals surface area (Å²) in [6.45, 7) is 10.9. The summed E-state index contributed by atoms with van der Waals surface area (Å²) in [5.41, 5.74) is 1.41. The third-order valence-electron chi connectivity index (χ3n) is 6.93. The molecule has 1 saturated carbocycles. The van der Waals surface area contributed by atoms with Crippen molar-refractivity contribution in [2.75, 3.05) is 6.54 Å². The number of amides is 3. The number of aliphatic hydroxyl groups is 1. The molecule has 1 aliphatic heterocycles. The van der Waals surface area contributed by atoms with E-state index >= 15 is 0 Å². The van der Waals surface area contributed by atoms with E-state index < -0.39 is 41.0 Å². The van der Waals surface area contributed by atoms with Crippen LogP contribution in [0.2, 0.25) is 0 Å². The normalized spacial score (nSPS) is 20.5. The van der Waals surface area contributed by atoms with Crippen molar-refractivity contribution >= 4 is 34.8 Å². The van der Waals surface area contributed by atoms with Gasteiger partial charge in [0, 0.05) is 30.5 Å². The van der Waals surface area contributed by atoms with E-state index in [0.717, 1.165) is 21.7 Å². The Morgan fingerprint density at radius 2 is 2.00 bits per heavy atom. The van der Waals surface area contributed by atoms with Crippen LogP contribution in [0.5, 0.6) is 5.75 Å². The first kappa shape index (κ1) is 29.8. The second-order valence-corrected chi connectivity index (χ2v) is 12.7. The molecule has 0 radical (unpaired) electrons. The van der Waals surface area contributed by atoms with Gasteiger partial charge in [-0.1, -0.05) is 32.9 Å². The summed E-state index contributed by atoms with van der Waals surface area (Å²) in [5.74, 6) is -1.46. The Hall–Kier alpha value is -3.18. The second-order valence-electron chi connectivity index (χ2n) is 11.8. The molecule has 1 aliphatic carbocycles. The van der Waals surface area contributed by atoms with Gasteiger partial charge in [-0.3, -0.25) is 14.4 Å². The molecule has 4 rings (SSSR count). The molecule has 3 amide bonds. The third-order valence-corrected chi connectivity index (χ3v) is 7.91. The van der Waals surface area contributed by atoms with E-state index in [9.17, 15) is 23.9 Å². The van der Waals surface area contributed by atoms with Gasteiger partial charge in [-0.2, -0.15) is 0 Å². The number of likely N-dealkylation sites (tertiary alicyclic amines) is 1. The number of rotatable bonds is 8. The molecular formula is C29H37FN4O5S. The number of aliphatic imine (C=N–C) groups is 1. The molecule has 1 aromatic carbocycles. The van der Waals surface area contributed by atoms with Crippen LogP contribution in [0.1, 0.15) is 65.1 Å². The Balaban J connectivity index is 1.53. The molecule has 2 fully saturated rings. The number of β-amino-alcohol motifs (C(OH)–C–C–N with tert-alkyl or cyclic N) is 1. The Labute approximate surface area is 237 Å². The van der Waals surface area contributed by atoms with Gasteiger partial charge in [-0.15, -0.1) is 11.3 Å². The van der Waals surface area contributed by atoms with Crippen LogP contribution in [0.25, 0.3) is 10.4 Å². The number of ether oxygens (including phenoxy) is 1. The molecule has 2 atom stereocenters. The van der Waals surface area contributed by atoms with Gasteiger partial charge in [0.15, 0.2) is 5.67 Å². The Morgan fingerprint density at radius 3 is 2.58 bits per heavy atom. The third kappa shape index (κ3) is 6.58. The van der Waals surface area contributed by atoms with Crippen LogP contribution in [-0.4, -0.2) is 68.9 Å². The lowest BCUT2D eigenvalue weighted by molar-refractivity contribution is -0.134. The highest BCUT2D eigenvalue weighted by Gasteiger charge is 2.52. The van der Waals surface area contributed by atoms with Crippen LogP contribution in [0.15, 0.2) is 28.7 Å². The number of nitrogens with zero attached hydrogens (tertiary/aromatic N) is 3. The molecule has 0 spiro atoms. The summed E-state index contributed by atoms with van der Waals surface area (Å²) in [5, 5.41) is 13.3. The minimum absolute atomic E-state index is 0.0366. The minimum Gasteiger partial charge on any atom is -0.491 e. The van der Waals surface area contributed by atoms with Crippen molar-refractivity contribution in [1.82, 2.24) is 15.2 Å². The van der Waals surface area contributed by atoms with Crippen LogP contribution in [0.4, 0.5) is 4.39 Å². The van der Waals surface area contributed by atoms with Gasteiger partial charge >= 0.3 is 0 Å². The Bertz CT molecular complexity index is 1330. The molecular weight excluding hydrogens is 535 g/mol. The SMILES string of the molecule is Cc1ncsc1-c1ccc(CNC(=O)[C@@H]2C[C@@H](O)CN2C(=O)C(=NC(=O)C2(F)CC2)C(C)(C)C)c(OC(C)C)c1. The predicted molar refractivity (Wildman–Crippen MR) is 151 cm³/mol. The predicted octanol–water partition coefficient (Wildman–Crippen LogP) is 4.00. The standard InChI is InChI=1S/C29H37FN4O5S/c1-16(2)39-22-11-18(23-17(3)32-15-40-23)7-8-19(22)13-31-25(36)21-12-20(35)14-34(21)26(37)24(28(4,5)6)33-27(38)29(30)9-10-29/h7-8,11,15-16,20-21,35H,9-10,12-14H2,1-6H3,(H,31,36)/t20-,21+/m1/s1. The van der Waals surface area contributed by atoms with E-state index in [1.807, 2.05) is 39.0 Å². The zero-order valence-corrected chi connectivity index (χ0v) is 24.6. The smallest absolute Gasteiger partial charge is 0.283 e. The lowest BCUT2D eigenvalue weighted by atomic mass is 9.88. The highest BCUT2D eigenvalue weighted by molar-refractivity contribution is 7.13. The number of hydrogen-bond acceptors (Lipinski definition) is 7. The lowest BCUT2D eigenvalue weighted by Gasteiger charge is -2.29. The van der Waals surface area contributed by atoms with Crippen LogP contribution in [0, 0.1) is 12.3 Å². The number of alkyl halides is 1. The zero-order valence-electron chi connectivity index (χ0n) is 23.8. The highest BCUT2D eigenvalue weighted by Crippen LogP contribution is 2.41. The van der Waals surface area contributed by atoms with Crippen LogP contribution >= 0.6 is 11.3 Å². The molecule has 216 valence electrons. The number of aryl methyl sites for hydroxylation is 1. The largest absolute Gasteiger partial charge is 0.491 e. The average Bonchev–Trinajstić information content (AvgIpc) is 3.28. The maximum Gasteiger partial charge on any atom is 0.283 e. The van der Waals surface area contributed by atoms with Gasteiger partial charge in [-0.05, 0) is 45.2 Å². The minimum atomic E-state index is -2.01. The van der Waals surface area contributed by atoms with Crippen molar-refractivity contribution in [3.63, 3.8) is 0 Å². The van der Waals surface area contributed by atoms with Gasteiger partial charge in [0.1, 0.15) is 17.5 Å². The van der Waals surface area contributed by atoms with Crippen LogP contribution in [-0.2, 0) is 20.9 Å². The van der Waals surface area contributed by atoms with E-state index in [4.69, 9.17) is 4.74 Å². The van der Waals surface area contributed by atoms with E-state index in [1.54, 1.807) is 26.3 Å². The average molecular weight is 573 g/mol. The quantitative estimate of drug-likeness (QED) is 0.462. The van der Waals surface area contributed by atoms with E-state index in [-0.39, 0.29) is 44.2 Å². The van der Waals surface area contributed by atoms with E-state index in [2.05, 4.69) is 15.3 Å². The molecule has 2 aromatic rings. The highest BCUT2D eigenvalue weighted by atomic mass is 32.1. The summed E-state index contributed by atoms with van der Waals surface area (Å²) in [7, 11) is 0. The molecule has 40 heavy (non-hydrogen) atoms. The molecule has 1 aromatic heterocycles. The number of hydrogen-bond donors (Lipinski definition) is 2. The molecule has 2 aliphatic rings. The Kier molecular flexibility index (Phi) is 8.46. The maximum absolute atomic E-state index is 14.3. The summed E-state index contributed by atoms with van der Waals surface area (Å²) in [6, 6.07) is 4.79. The molecule has 1 saturated heterocycles. The van der Waals surface area contributed by atoms with E-state index in [0.29, 0.717) is 5.75 Å². The fourth-order valence-electron chi connectivity index (χ4n) is 4.57. The number of halogens is 1. The van der Waals surface area contributed by atoms with Gasteiger partial charge in [0.2, 0.25) is 5.91 Å². The molecule has 2 N–H and O–H groups in total. The molecule has 0 unspecified atom stereocenters. The summed E-state index contributed by atoms with van der Waals surface area (Å²) in [6.07, 6.45) is -0.810. The van der Waals surface area contributed by atoms with Gasteiger partial charge in [0.25, 0.3) is 11.8 Å². The first-order chi connectivity index (χ1) is 18.7. The first-order valence-corrected chi connectivity index (χ1v) is 14.4. The zero-order chi connectivity index (χ0) is 29.4.